The summed E-state index contributed by atoms with van der Waals surface area (Å²) in [6, 6.07) is 16.7. The number of ether oxygens (including phenoxy) is 2. The molecule has 0 fully saturated rings. The van der Waals surface area contributed by atoms with E-state index in [0.717, 1.165) is 16.7 Å². The lowest BCUT2D eigenvalue weighted by Gasteiger charge is -2.11. The first-order valence-electron chi connectivity index (χ1n) is 9.49. The van der Waals surface area contributed by atoms with Crippen molar-refractivity contribution in [2.24, 2.45) is 0 Å². The van der Waals surface area contributed by atoms with Crippen molar-refractivity contribution in [3.8, 4) is 16.9 Å². The third-order valence-corrected chi connectivity index (χ3v) is 5.24. The molecule has 0 bridgehead atoms. The molecule has 3 rings (SSSR count). The van der Waals surface area contributed by atoms with Gasteiger partial charge >= 0.3 is 5.97 Å². The van der Waals surface area contributed by atoms with Crippen molar-refractivity contribution < 1.29 is 23.9 Å². The molecule has 0 radical (unpaired) electrons. The Kier molecular flexibility index (Phi) is 7.40. The van der Waals surface area contributed by atoms with Crippen LogP contribution >= 0.6 is 11.3 Å². The van der Waals surface area contributed by atoms with Gasteiger partial charge in [0.15, 0.2) is 6.61 Å². The van der Waals surface area contributed by atoms with Gasteiger partial charge in [-0.1, -0.05) is 36.4 Å². The van der Waals surface area contributed by atoms with Crippen LogP contribution in [-0.4, -0.2) is 38.0 Å². The molecule has 2 aromatic carbocycles. The van der Waals surface area contributed by atoms with Crippen molar-refractivity contribution in [1.29, 1.82) is 0 Å². The predicted molar refractivity (Wildman–Crippen MR) is 119 cm³/mol. The molecule has 0 atom stereocenters. The molecule has 2 amide bonds. The number of nitrogens with one attached hydrogen (secondary N) is 2. The Hall–Kier alpha value is -3.65. The summed E-state index contributed by atoms with van der Waals surface area (Å²) >= 11 is 1.25. The van der Waals surface area contributed by atoms with Gasteiger partial charge in [-0.25, -0.2) is 4.79 Å². The minimum absolute atomic E-state index is 0.262. The zero-order chi connectivity index (χ0) is 22.2. The molecule has 0 saturated heterocycles. The van der Waals surface area contributed by atoms with Gasteiger partial charge in [-0.15, -0.1) is 11.3 Å². The van der Waals surface area contributed by atoms with Gasteiger partial charge in [-0.2, -0.15) is 0 Å². The molecular weight excluding hydrogens is 416 g/mol. The van der Waals surface area contributed by atoms with Gasteiger partial charge < -0.3 is 20.1 Å². The maximum absolute atomic E-state index is 12.4. The zero-order valence-corrected chi connectivity index (χ0v) is 18.0. The van der Waals surface area contributed by atoms with Crippen LogP contribution in [0.5, 0.6) is 5.75 Å². The second-order valence-corrected chi connectivity index (χ2v) is 7.55. The molecule has 0 aliphatic rings. The van der Waals surface area contributed by atoms with Crippen LogP contribution in [0.4, 0.5) is 5.69 Å². The summed E-state index contributed by atoms with van der Waals surface area (Å²) in [5.74, 6) is -1.06. The molecule has 0 aliphatic heterocycles. The van der Waals surface area contributed by atoms with Crippen LogP contribution in [0.25, 0.3) is 11.1 Å². The van der Waals surface area contributed by atoms with Gasteiger partial charge in [0, 0.05) is 5.56 Å². The van der Waals surface area contributed by atoms with Crippen molar-refractivity contribution in [3.05, 3.63) is 70.4 Å². The summed E-state index contributed by atoms with van der Waals surface area (Å²) in [5.41, 5.74) is 3.11. The molecule has 2 N–H and O–H groups in total. The van der Waals surface area contributed by atoms with E-state index in [2.05, 4.69) is 10.6 Å². The van der Waals surface area contributed by atoms with Crippen LogP contribution in [-0.2, 0) is 14.3 Å². The number of benzene rings is 2. The highest BCUT2D eigenvalue weighted by Crippen LogP contribution is 2.28. The van der Waals surface area contributed by atoms with E-state index < -0.39 is 24.4 Å². The normalized spacial score (nSPS) is 10.3. The number of carbonyl (C=O) groups is 3. The highest BCUT2D eigenvalue weighted by Gasteiger charge is 2.17. The Morgan fingerprint density at radius 2 is 1.77 bits per heavy atom. The lowest BCUT2D eigenvalue weighted by Crippen LogP contribution is -2.35. The first-order valence-corrected chi connectivity index (χ1v) is 10.4. The number of methoxy groups -OCH3 is 1. The Balaban J connectivity index is 1.49. The molecule has 7 nitrogen and oxygen atoms in total. The van der Waals surface area contributed by atoms with Crippen LogP contribution in [0.1, 0.15) is 15.2 Å². The van der Waals surface area contributed by atoms with E-state index in [1.54, 1.807) is 17.5 Å². The smallest absolute Gasteiger partial charge is 0.349 e. The Morgan fingerprint density at radius 3 is 2.52 bits per heavy atom. The highest BCUT2D eigenvalue weighted by molar-refractivity contribution is 7.12. The number of amides is 2. The number of carbonyl (C=O) groups excluding carboxylic acids is 3. The molecule has 3 aromatic rings. The average molecular weight is 439 g/mol. The number of aryl methyl sites for hydroxylation is 1. The van der Waals surface area contributed by atoms with Gasteiger partial charge in [0.2, 0.25) is 5.91 Å². The average Bonchev–Trinajstić information content (AvgIpc) is 3.27. The van der Waals surface area contributed by atoms with Crippen LogP contribution in [0, 0.1) is 6.92 Å². The first-order chi connectivity index (χ1) is 15.0. The molecule has 0 spiro atoms. The van der Waals surface area contributed by atoms with E-state index >= 15 is 0 Å². The van der Waals surface area contributed by atoms with Crippen LogP contribution in [0.2, 0.25) is 0 Å². The van der Waals surface area contributed by atoms with Gasteiger partial charge in [-0.05, 0) is 41.6 Å². The summed E-state index contributed by atoms with van der Waals surface area (Å²) in [4.78, 5) is 37.0. The Bertz CT molecular complexity index is 1080. The van der Waals surface area contributed by atoms with Crippen molar-refractivity contribution in [3.63, 3.8) is 0 Å². The maximum Gasteiger partial charge on any atom is 0.349 e. The van der Waals surface area contributed by atoms with E-state index in [1.165, 1.54) is 18.4 Å². The predicted octanol–water partition coefficient (Wildman–Crippen LogP) is 3.64. The van der Waals surface area contributed by atoms with Gasteiger partial charge in [-0.3, -0.25) is 9.59 Å². The molecule has 0 saturated carbocycles. The lowest BCUT2D eigenvalue weighted by molar-refractivity contribution is -0.126. The highest BCUT2D eigenvalue weighted by atomic mass is 32.1. The quantitative estimate of drug-likeness (QED) is 0.524. The molecule has 0 aliphatic carbocycles. The minimum Gasteiger partial charge on any atom is -0.495 e. The Morgan fingerprint density at radius 1 is 1.00 bits per heavy atom. The lowest BCUT2D eigenvalue weighted by atomic mass is 10.1. The number of rotatable bonds is 8. The molecule has 31 heavy (non-hydrogen) atoms. The molecule has 160 valence electrons. The number of hydrogen-bond acceptors (Lipinski definition) is 6. The van der Waals surface area contributed by atoms with Gasteiger partial charge in [0.1, 0.15) is 10.6 Å². The van der Waals surface area contributed by atoms with Crippen LogP contribution in [0.15, 0.2) is 60.0 Å². The van der Waals surface area contributed by atoms with E-state index in [-0.39, 0.29) is 6.54 Å². The number of hydrogen-bond donors (Lipinski definition) is 2. The second-order valence-electron chi connectivity index (χ2n) is 6.63. The van der Waals surface area contributed by atoms with Crippen LogP contribution < -0.4 is 15.4 Å². The Labute approximate surface area is 184 Å². The molecule has 1 heterocycles. The molecule has 8 heteroatoms. The molecule has 1 aromatic heterocycles. The summed E-state index contributed by atoms with van der Waals surface area (Å²) in [6.07, 6.45) is 0. The van der Waals surface area contributed by atoms with Crippen molar-refractivity contribution >= 4 is 34.8 Å². The fraction of sp³-hybridized carbons (Fsp3) is 0.174. The number of anilines is 1. The van der Waals surface area contributed by atoms with Crippen molar-refractivity contribution in [2.45, 2.75) is 6.92 Å². The maximum atomic E-state index is 12.4. The summed E-state index contributed by atoms with van der Waals surface area (Å²) < 4.78 is 10.3. The number of thiophene rings is 1. The van der Waals surface area contributed by atoms with E-state index in [9.17, 15) is 14.4 Å². The zero-order valence-electron chi connectivity index (χ0n) is 17.1. The summed E-state index contributed by atoms with van der Waals surface area (Å²) in [6.45, 7) is 1.15. The third kappa shape index (κ3) is 5.93. The first kappa shape index (κ1) is 22.0. The fourth-order valence-corrected chi connectivity index (χ4v) is 3.66. The standard InChI is InChI=1S/C23H22N2O5S/c1-15-8-9-19(29-2)18(12-15)25-20(26)13-24-21(27)14-30-23(28)22-17(10-11-31-22)16-6-4-3-5-7-16/h3-12H,13-14H2,1-2H3,(H,24,27)(H,25,26). The van der Waals surface area contributed by atoms with E-state index in [0.29, 0.717) is 16.3 Å². The molecular formula is C23H22N2O5S. The van der Waals surface area contributed by atoms with Crippen molar-refractivity contribution in [2.75, 3.05) is 25.6 Å². The third-order valence-electron chi connectivity index (χ3n) is 4.34. The van der Waals surface area contributed by atoms with E-state index in [4.69, 9.17) is 9.47 Å². The molecule has 0 unspecified atom stereocenters. The topological polar surface area (TPSA) is 93.7 Å². The number of esters is 1. The van der Waals surface area contributed by atoms with Gasteiger partial charge in [0.05, 0.1) is 19.3 Å². The minimum atomic E-state index is -0.585. The monoisotopic (exact) mass is 438 g/mol. The fourth-order valence-electron chi connectivity index (χ4n) is 2.85. The van der Waals surface area contributed by atoms with Crippen LogP contribution in [0.3, 0.4) is 0 Å². The summed E-state index contributed by atoms with van der Waals surface area (Å²) in [7, 11) is 1.51. The van der Waals surface area contributed by atoms with Crippen molar-refractivity contribution in [1.82, 2.24) is 5.32 Å². The van der Waals surface area contributed by atoms with Gasteiger partial charge in [0.25, 0.3) is 5.91 Å². The summed E-state index contributed by atoms with van der Waals surface area (Å²) in [5, 5.41) is 6.92. The SMILES string of the molecule is COc1ccc(C)cc1NC(=O)CNC(=O)COC(=O)c1sccc1-c1ccccc1. The second kappa shape index (κ2) is 10.4. The largest absolute Gasteiger partial charge is 0.495 e. The van der Waals surface area contributed by atoms with E-state index in [1.807, 2.05) is 49.4 Å².